The normalized spacial score (nSPS) is 44.8. The van der Waals surface area contributed by atoms with E-state index in [0.29, 0.717) is 12.8 Å². The Morgan fingerprint density at radius 3 is 2.24 bits per heavy atom. The Hall–Kier alpha value is -1.24. The van der Waals surface area contributed by atoms with E-state index >= 15 is 0 Å². The van der Waals surface area contributed by atoms with Crippen LogP contribution in [0, 0.1) is 22.7 Å². The van der Waals surface area contributed by atoms with E-state index in [-0.39, 0.29) is 46.6 Å². The van der Waals surface area contributed by atoms with Gasteiger partial charge in [-0.1, -0.05) is 26.0 Å². The largest absolute Gasteiger partial charge is 0.459 e. The molecular formula is C32H52O6. The van der Waals surface area contributed by atoms with Gasteiger partial charge in [-0.05, 0) is 98.3 Å². The Morgan fingerprint density at radius 1 is 0.921 bits per heavy atom. The third-order valence-corrected chi connectivity index (χ3v) is 11.2. The van der Waals surface area contributed by atoms with Gasteiger partial charge in [-0.15, -0.1) is 0 Å². The SMILES string of the molecule is C=C1CC[C@@H]2OC(C)(C)[C@@H](O)CC[C@@]2(C)[C@@H]1CC[C@H]1[C@]2(C)CCC(=O)C(C)(C)O[C@H]2CC[C@@]1(C)OC(C)=O. The van der Waals surface area contributed by atoms with Crippen molar-refractivity contribution in [3.05, 3.63) is 12.2 Å². The van der Waals surface area contributed by atoms with Gasteiger partial charge in [0.05, 0.1) is 23.9 Å². The molecule has 2 saturated carbocycles. The lowest BCUT2D eigenvalue weighted by Crippen LogP contribution is -2.58. The molecule has 0 aromatic rings. The molecule has 4 rings (SSSR count). The van der Waals surface area contributed by atoms with E-state index in [0.717, 1.165) is 51.4 Å². The molecule has 1 N–H and O–H groups in total. The fourth-order valence-electron chi connectivity index (χ4n) is 8.71. The molecule has 4 aliphatic rings. The standard InChI is InChI=1S/C32H52O6/c1-20-10-13-26-30(7,17-14-24(34)28(3,4)37-26)22(20)11-12-23-31(8)18-15-25(35)29(5,6)38-27(31)16-19-32(23,9)36-21(2)33/h22-24,26-27,34H,1,10-19H2,2-9H3/t22-,23+,24+,26+,27+,30+,31+,32-/m1/s1. The van der Waals surface area contributed by atoms with Crippen LogP contribution in [0.2, 0.25) is 0 Å². The monoisotopic (exact) mass is 532 g/mol. The molecule has 6 nitrogen and oxygen atoms in total. The zero-order valence-corrected chi connectivity index (χ0v) is 25.2. The maximum atomic E-state index is 13.0. The van der Waals surface area contributed by atoms with Crippen LogP contribution in [-0.2, 0) is 23.8 Å². The maximum Gasteiger partial charge on any atom is 0.303 e. The third-order valence-electron chi connectivity index (χ3n) is 11.2. The molecule has 0 aromatic carbocycles. The fourth-order valence-corrected chi connectivity index (χ4v) is 8.71. The maximum absolute atomic E-state index is 13.0. The Labute approximate surface area is 230 Å². The number of rotatable bonds is 4. The second-order valence-corrected chi connectivity index (χ2v) is 14.6. The van der Waals surface area contributed by atoms with E-state index in [1.807, 2.05) is 27.7 Å². The quantitative estimate of drug-likeness (QED) is 0.337. The molecule has 8 atom stereocenters. The summed E-state index contributed by atoms with van der Waals surface area (Å²) in [6.45, 7) is 20.5. The predicted molar refractivity (Wildman–Crippen MR) is 148 cm³/mol. The minimum atomic E-state index is -0.800. The first-order chi connectivity index (χ1) is 17.4. The van der Waals surface area contributed by atoms with Crippen molar-refractivity contribution in [3.8, 4) is 0 Å². The Balaban J connectivity index is 1.66. The summed E-state index contributed by atoms with van der Waals surface area (Å²) in [5.41, 5.74) is -1.13. The van der Waals surface area contributed by atoms with Crippen molar-refractivity contribution in [2.75, 3.05) is 0 Å². The van der Waals surface area contributed by atoms with Crippen molar-refractivity contribution in [1.82, 2.24) is 0 Å². The number of ether oxygens (including phenoxy) is 3. The molecule has 0 spiro atoms. The van der Waals surface area contributed by atoms with Gasteiger partial charge in [0.15, 0.2) is 5.78 Å². The molecule has 2 saturated heterocycles. The lowest BCUT2D eigenvalue weighted by molar-refractivity contribution is -0.212. The minimum Gasteiger partial charge on any atom is -0.459 e. The molecule has 38 heavy (non-hydrogen) atoms. The number of esters is 1. The van der Waals surface area contributed by atoms with Crippen molar-refractivity contribution >= 4 is 11.8 Å². The number of carbonyl (C=O) groups is 2. The lowest BCUT2D eigenvalue weighted by atomic mass is 9.54. The van der Waals surface area contributed by atoms with Gasteiger partial charge in [0.1, 0.15) is 11.2 Å². The first-order valence-corrected chi connectivity index (χ1v) is 14.9. The van der Waals surface area contributed by atoms with E-state index in [2.05, 4.69) is 27.4 Å². The molecule has 0 unspecified atom stereocenters. The van der Waals surface area contributed by atoms with Gasteiger partial charge in [0, 0.05) is 30.1 Å². The number of hydrogen-bond donors (Lipinski definition) is 1. The van der Waals surface area contributed by atoms with Gasteiger partial charge in [0.25, 0.3) is 0 Å². The number of aliphatic hydroxyl groups excluding tert-OH is 1. The molecule has 6 heteroatoms. The van der Waals surface area contributed by atoms with Crippen molar-refractivity contribution in [3.63, 3.8) is 0 Å². The Kier molecular flexibility index (Phi) is 7.82. The van der Waals surface area contributed by atoms with Crippen molar-refractivity contribution in [1.29, 1.82) is 0 Å². The van der Waals surface area contributed by atoms with Gasteiger partial charge < -0.3 is 19.3 Å². The molecule has 4 fully saturated rings. The summed E-state index contributed by atoms with van der Waals surface area (Å²) in [4.78, 5) is 25.3. The van der Waals surface area contributed by atoms with Crippen LogP contribution in [0.4, 0.5) is 0 Å². The van der Waals surface area contributed by atoms with Crippen LogP contribution in [0.25, 0.3) is 0 Å². The number of hydrogen-bond acceptors (Lipinski definition) is 6. The molecule has 2 aliphatic carbocycles. The molecule has 2 aliphatic heterocycles. The number of aliphatic hydroxyl groups is 1. The van der Waals surface area contributed by atoms with Gasteiger partial charge in [-0.25, -0.2) is 0 Å². The molecule has 0 bridgehead atoms. The van der Waals surface area contributed by atoms with Crippen LogP contribution in [-0.4, -0.2) is 52.0 Å². The molecule has 0 radical (unpaired) electrons. The van der Waals surface area contributed by atoms with E-state index in [9.17, 15) is 14.7 Å². The number of carbonyl (C=O) groups excluding carboxylic acids is 2. The third kappa shape index (κ3) is 5.14. The van der Waals surface area contributed by atoms with Crippen molar-refractivity contribution in [2.24, 2.45) is 22.7 Å². The van der Waals surface area contributed by atoms with Gasteiger partial charge in [-0.2, -0.15) is 0 Å². The van der Waals surface area contributed by atoms with E-state index in [1.165, 1.54) is 12.5 Å². The highest BCUT2D eigenvalue weighted by molar-refractivity contribution is 5.86. The summed E-state index contributed by atoms with van der Waals surface area (Å²) in [5, 5.41) is 10.8. The number of fused-ring (bicyclic) bond motifs is 2. The zero-order valence-electron chi connectivity index (χ0n) is 25.2. The molecule has 2 heterocycles. The average molecular weight is 533 g/mol. The van der Waals surface area contributed by atoms with Gasteiger partial charge >= 0.3 is 5.97 Å². The summed E-state index contributed by atoms with van der Waals surface area (Å²) in [6.07, 6.45) is 7.43. The summed E-state index contributed by atoms with van der Waals surface area (Å²) in [5.74, 6) is 0.185. The Bertz CT molecular complexity index is 954. The Morgan fingerprint density at radius 2 is 1.58 bits per heavy atom. The highest BCUT2D eigenvalue weighted by Crippen LogP contribution is 2.58. The van der Waals surface area contributed by atoms with Crippen LogP contribution >= 0.6 is 0 Å². The number of allylic oxidation sites excluding steroid dienone is 1. The minimum absolute atomic E-state index is 0.0462. The van der Waals surface area contributed by atoms with Crippen LogP contribution in [0.5, 0.6) is 0 Å². The molecule has 216 valence electrons. The van der Waals surface area contributed by atoms with Crippen LogP contribution in [0.1, 0.15) is 120 Å². The first-order valence-electron chi connectivity index (χ1n) is 14.9. The first kappa shape index (κ1) is 29.7. The van der Waals surface area contributed by atoms with Crippen LogP contribution in [0.15, 0.2) is 12.2 Å². The van der Waals surface area contributed by atoms with E-state index < -0.39 is 22.9 Å². The van der Waals surface area contributed by atoms with Crippen molar-refractivity contribution < 1.29 is 28.9 Å². The number of Topliss-reactive ketones (excluding diaryl/α,β-unsaturated/α-hetero) is 1. The second kappa shape index (κ2) is 9.99. The summed E-state index contributed by atoms with van der Waals surface area (Å²) < 4.78 is 19.3. The second-order valence-electron chi connectivity index (χ2n) is 14.6. The smallest absolute Gasteiger partial charge is 0.303 e. The topological polar surface area (TPSA) is 82.1 Å². The zero-order chi connectivity index (χ0) is 28.3. The number of ketones is 1. The average Bonchev–Trinajstić information content (AvgIpc) is 2.95. The molecule has 0 amide bonds. The lowest BCUT2D eigenvalue weighted by Gasteiger charge is -2.56. The van der Waals surface area contributed by atoms with Crippen LogP contribution < -0.4 is 0 Å². The van der Waals surface area contributed by atoms with E-state index in [1.54, 1.807) is 0 Å². The highest BCUT2D eigenvalue weighted by atomic mass is 16.6. The highest BCUT2D eigenvalue weighted by Gasteiger charge is 2.59. The predicted octanol–water partition coefficient (Wildman–Crippen LogP) is 6.32. The summed E-state index contributed by atoms with van der Waals surface area (Å²) in [6, 6.07) is 0. The summed E-state index contributed by atoms with van der Waals surface area (Å²) in [7, 11) is 0. The van der Waals surface area contributed by atoms with Crippen molar-refractivity contribution in [2.45, 2.75) is 155 Å². The summed E-state index contributed by atoms with van der Waals surface area (Å²) >= 11 is 0. The van der Waals surface area contributed by atoms with Gasteiger partial charge in [-0.3, -0.25) is 9.59 Å². The van der Waals surface area contributed by atoms with Crippen LogP contribution in [0.3, 0.4) is 0 Å². The van der Waals surface area contributed by atoms with E-state index in [4.69, 9.17) is 14.2 Å². The molecule has 0 aromatic heterocycles. The molecular weight excluding hydrogens is 480 g/mol. The van der Waals surface area contributed by atoms with Gasteiger partial charge in [0.2, 0.25) is 0 Å². The fraction of sp³-hybridized carbons (Fsp3) is 0.875.